The number of carbonyl (C=O) groups is 3. The lowest BCUT2D eigenvalue weighted by Gasteiger charge is -2.06. The molecule has 90 valence electrons. The van der Waals surface area contributed by atoms with Gasteiger partial charge >= 0.3 is 0 Å². The van der Waals surface area contributed by atoms with Gasteiger partial charge in [0.05, 0.1) is 9.13 Å². The van der Waals surface area contributed by atoms with Crippen LogP contribution in [0.2, 0.25) is 0 Å². The van der Waals surface area contributed by atoms with Crippen LogP contribution in [0.15, 0.2) is 18.2 Å². The molecule has 0 aliphatic rings. The Bertz CT molecular complexity index is 510. The standard InChI is InChI=1S/C11H10INO4/c1-6(14)8-4-3-5-9(10(8)12-17)11(16)13-7(2)15/h3-5H,1-2H3,(H,13,15,16). The summed E-state index contributed by atoms with van der Waals surface area (Å²) in [4.78, 5) is 33.7. The number of imide groups is 1. The van der Waals surface area contributed by atoms with E-state index in [0.717, 1.165) is 0 Å². The minimum Gasteiger partial charge on any atom is -0.294 e. The monoisotopic (exact) mass is 347 g/mol. The van der Waals surface area contributed by atoms with E-state index >= 15 is 0 Å². The fourth-order valence-corrected chi connectivity index (χ4v) is 2.75. The van der Waals surface area contributed by atoms with Gasteiger partial charge in [0.1, 0.15) is 0 Å². The highest BCUT2D eigenvalue weighted by atomic mass is 127. The summed E-state index contributed by atoms with van der Waals surface area (Å²) in [6.07, 6.45) is 0. The van der Waals surface area contributed by atoms with Gasteiger partial charge in [0, 0.05) is 12.5 Å². The number of carbonyl (C=O) groups excluding carboxylic acids is 3. The smallest absolute Gasteiger partial charge is 0.259 e. The normalized spacial score (nSPS) is 9.76. The zero-order valence-electron chi connectivity index (χ0n) is 9.24. The number of ketones is 1. The largest absolute Gasteiger partial charge is 0.294 e. The van der Waals surface area contributed by atoms with Gasteiger partial charge in [-0.1, -0.05) is 12.1 Å². The number of rotatable bonds is 3. The SMILES string of the molecule is CC(=O)NC(=O)c1cccc(C(C)=O)c1I=O. The van der Waals surface area contributed by atoms with Crippen LogP contribution in [0.3, 0.4) is 0 Å². The van der Waals surface area contributed by atoms with Crippen LogP contribution in [0.5, 0.6) is 0 Å². The van der Waals surface area contributed by atoms with Crippen molar-refractivity contribution in [3.8, 4) is 0 Å². The van der Waals surface area contributed by atoms with Crippen molar-refractivity contribution in [2.75, 3.05) is 0 Å². The van der Waals surface area contributed by atoms with Crippen LogP contribution < -0.4 is 5.32 Å². The first-order valence-corrected chi connectivity index (χ1v) is 6.66. The number of benzene rings is 1. The Labute approximate surface area is 108 Å². The van der Waals surface area contributed by atoms with Crippen LogP contribution in [-0.2, 0) is 7.86 Å². The van der Waals surface area contributed by atoms with E-state index in [1.54, 1.807) is 0 Å². The molecule has 0 fully saturated rings. The minimum atomic E-state index is -1.67. The molecular weight excluding hydrogens is 337 g/mol. The van der Waals surface area contributed by atoms with Gasteiger partial charge in [0.2, 0.25) is 5.91 Å². The van der Waals surface area contributed by atoms with Crippen molar-refractivity contribution < 1.29 is 17.5 Å². The second kappa shape index (κ2) is 5.76. The zero-order chi connectivity index (χ0) is 13.0. The molecule has 0 saturated heterocycles. The van der Waals surface area contributed by atoms with Crippen molar-refractivity contribution in [3.05, 3.63) is 32.9 Å². The molecule has 1 aromatic rings. The molecule has 5 nitrogen and oxygen atoms in total. The Hall–Kier alpha value is -1.44. The van der Waals surface area contributed by atoms with E-state index in [0.29, 0.717) is 0 Å². The summed E-state index contributed by atoms with van der Waals surface area (Å²) in [5.74, 6) is -1.39. The molecule has 0 heterocycles. The number of Topliss-reactive ketones (excluding diaryl/α,β-unsaturated/α-hetero) is 1. The number of amides is 2. The average Bonchev–Trinajstić information content (AvgIpc) is 2.26. The summed E-state index contributed by atoms with van der Waals surface area (Å²) >= 11 is -1.67. The van der Waals surface area contributed by atoms with Gasteiger partial charge in [-0.15, -0.1) is 0 Å². The maximum Gasteiger partial charge on any atom is 0.259 e. The van der Waals surface area contributed by atoms with Gasteiger partial charge in [-0.3, -0.25) is 22.8 Å². The predicted octanol–water partition coefficient (Wildman–Crippen LogP) is 1.65. The second-order valence-electron chi connectivity index (χ2n) is 3.31. The van der Waals surface area contributed by atoms with Crippen molar-refractivity contribution in [1.29, 1.82) is 0 Å². The summed E-state index contributed by atoms with van der Waals surface area (Å²) < 4.78 is 11.4. The molecule has 0 bridgehead atoms. The summed E-state index contributed by atoms with van der Waals surface area (Å²) in [6.45, 7) is 2.55. The highest BCUT2D eigenvalue weighted by molar-refractivity contribution is 14.1. The van der Waals surface area contributed by atoms with Crippen molar-refractivity contribution >= 4 is 38.8 Å². The molecule has 1 aromatic carbocycles. The minimum absolute atomic E-state index is 0.121. The summed E-state index contributed by atoms with van der Waals surface area (Å²) in [5.41, 5.74) is 0.389. The summed E-state index contributed by atoms with van der Waals surface area (Å²) in [7, 11) is 0. The van der Waals surface area contributed by atoms with E-state index in [4.69, 9.17) is 0 Å². The first kappa shape index (κ1) is 13.6. The van der Waals surface area contributed by atoms with E-state index in [2.05, 4.69) is 5.32 Å². The molecule has 0 aliphatic carbocycles. The molecule has 17 heavy (non-hydrogen) atoms. The average molecular weight is 347 g/mol. The Balaban J connectivity index is 3.29. The summed E-state index contributed by atoms with van der Waals surface area (Å²) in [5, 5.41) is 2.09. The van der Waals surface area contributed by atoms with E-state index < -0.39 is 33.0 Å². The molecule has 2 amide bonds. The molecular formula is C11H10INO4. The molecule has 0 unspecified atom stereocenters. The molecule has 0 spiro atoms. The van der Waals surface area contributed by atoms with Crippen LogP contribution in [0.4, 0.5) is 0 Å². The van der Waals surface area contributed by atoms with Gasteiger partial charge in [-0.2, -0.15) is 0 Å². The van der Waals surface area contributed by atoms with Crippen molar-refractivity contribution in [3.63, 3.8) is 0 Å². The topological polar surface area (TPSA) is 80.3 Å². The third kappa shape index (κ3) is 3.26. The van der Waals surface area contributed by atoms with E-state index in [1.165, 1.54) is 32.0 Å². The van der Waals surface area contributed by atoms with Gasteiger partial charge < -0.3 is 0 Å². The van der Waals surface area contributed by atoms with Crippen LogP contribution in [0.1, 0.15) is 34.6 Å². The maximum absolute atomic E-state index is 11.6. The van der Waals surface area contributed by atoms with Crippen LogP contribution in [0, 0.1) is 3.57 Å². The zero-order valence-corrected chi connectivity index (χ0v) is 11.4. The molecule has 1 N–H and O–H groups in total. The fourth-order valence-electron chi connectivity index (χ4n) is 1.29. The fraction of sp³-hybridized carbons (Fsp3) is 0.182. The van der Waals surface area contributed by atoms with Gasteiger partial charge in [0.15, 0.2) is 27.0 Å². The van der Waals surface area contributed by atoms with Crippen LogP contribution >= 0.6 is 21.2 Å². The van der Waals surface area contributed by atoms with Crippen LogP contribution in [-0.4, -0.2) is 17.6 Å². The lowest BCUT2D eigenvalue weighted by atomic mass is 10.1. The Morgan fingerprint density at radius 2 is 1.71 bits per heavy atom. The number of halogens is 1. The van der Waals surface area contributed by atoms with Crippen molar-refractivity contribution in [2.45, 2.75) is 13.8 Å². The van der Waals surface area contributed by atoms with E-state index in [-0.39, 0.29) is 20.5 Å². The number of nitrogens with one attached hydrogen (secondary N) is 1. The lowest BCUT2D eigenvalue weighted by Crippen LogP contribution is -2.29. The highest BCUT2D eigenvalue weighted by Crippen LogP contribution is 2.21. The quantitative estimate of drug-likeness (QED) is 0.666. The van der Waals surface area contributed by atoms with Gasteiger partial charge in [0.25, 0.3) is 5.91 Å². The third-order valence-electron chi connectivity index (χ3n) is 1.99. The predicted molar refractivity (Wildman–Crippen MR) is 68.0 cm³/mol. The Morgan fingerprint density at radius 1 is 1.12 bits per heavy atom. The first-order valence-electron chi connectivity index (χ1n) is 4.70. The molecule has 1 rings (SSSR count). The van der Waals surface area contributed by atoms with Gasteiger partial charge in [-0.25, -0.2) is 0 Å². The number of hydrogen-bond donors (Lipinski definition) is 1. The molecule has 0 aliphatic heterocycles. The maximum atomic E-state index is 11.6. The molecule has 0 aromatic heterocycles. The Kier molecular flexibility index (Phi) is 4.62. The molecule has 0 radical (unpaired) electrons. The molecule has 0 atom stereocenters. The van der Waals surface area contributed by atoms with Gasteiger partial charge in [-0.05, 0) is 13.0 Å². The summed E-state index contributed by atoms with van der Waals surface area (Å²) in [6, 6.07) is 4.48. The molecule has 0 saturated carbocycles. The van der Waals surface area contributed by atoms with E-state index in [1.807, 2.05) is 0 Å². The second-order valence-corrected chi connectivity index (χ2v) is 4.83. The highest BCUT2D eigenvalue weighted by Gasteiger charge is 2.17. The molecule has 6 heteroatoms. The lowest BCUT2D eigenvalue weighted by molar-refractivity contribution is -0.118. The first-order chi connectivity index (χ1) is 7.97. The van der Waals surface area contributed by atoms with E-state index in [9.17, 15) is 17.5 Å². The Morgan fingerprint density at radius 3 is 2.18 bits per heavy atom. The number of hydrogen-bond acceptors (Lipinski definition) is 4. The third-order valence-corrected chi connectivity index (χ3v) is 3.59. The van der Waals surface area contributed by atoms with Crippen molar-refractivity contribution in [2.24, 2.45) is 0 Å². The van der Waals surface area contributed by atoms with Crippen LogP contribution in [0.25, 0.3) is 0 Å². The van der Waals surface area contributed by atoms with Crippen molar-refractivity contribution in [1.82, 2.24) is 5.32 Å².